The van der Waals surface area contributed by atoms with E-state index < -0.39 is 5.97 Å². The Labute approximate surface area is 152 Å². The van der Waals surface area contributed by atoms with Crippen molar-refractivity contribution in [2.75, 3.05) is 11.9 Å². The first kappa shape index (κ1) is 17.8. The van der Waals surface area contributed by atoms with Gasteiger partial charge in [0.25, 0.3) is 0 Å². The van der Waals surface area contributed by atoms with Gasteiger partial charge in [0.15, 0.2) is 0 Å². The SMILES string of the molecule is CCOc1c(Br)cc(CNc2cc(C(=O)O)ccc2C)cc1Br. The molecule has 0 aliphatic rings. The number of nitrogens with one attached hydrogen (secondary N) is 1. The van der Waals surface area contributed by atoms with Gasteiger partial charge in [0.2, 0.25) is 0 Å². The van der Waals surface area contributed by atoms with E-state index in [1.165, 1.54) is 0 Å². The molecule has 0 aliphatic carbocycles. The van der Waals surface area contributed by atoms with Gasteiger partial charge in [-0.2, -0.15) is 0 Å². The Morgan fingerprint density at radius 1 is 1.22 bits per heavy atom. The number of ether oxygens (including phenoxy) is 1. The van der Waals surface area contributed by atoms with Crippen LogP contribution in [-0.4, -0.2) is 17.7 Å². The van der Waals surface area contributed by atoms with Gasteiger partial charge in [-0.3, -0.25) is 0 Å². The highest BCUT2D eigenvalue weighted by Gasteiger charge is 2.10. The molecule has 0 bridgehead atoms. The third kappa shape index (κ3) is 4.48. The van der Waals surface area contributed by atoms with Crippen molar-refractivity contribution in [3.05, 3.63) is 56.0 Å². The zero-order chi connectivity index (χ0) is 17.0. The van der Waals surface area contributed by atoms with E-state index in [1.54, 1.807) is 18.2 Å². The summed E-state index contributed by atoms with van der Waals surface area (Å²) in [5, 5.41) is 12.4. The normalized spacial score (nSPS) is 10.4. The Hall–Kier alpha value is -1.53. The fourth-order valence-corrected chi connectivity index (χ4v) is 3.65. The average Bonchev–Trinajstić information content (AvgIpc) is 2.50. The van der Waals surface area contributed by atoms with E-state index in [1.807, 2.05) is 26.0 Å². The minimum atomic E-state index is -0.931. The number of carboxylic acids is 1. The molecule has 0 radical (unpaired) electrons. The molecule has 0 saturated heterocycles. The first-order valence-electron chi connectivity index (χ1n) is 7.11. The van der Waals surface area contributed by atoms with Gasteiger partial charge in [0.1, 0.15) is 5.75 Å². The molecule has 0 unspecified atom stereocenters. The molecular weight excluding hydrogens is 426 g/mol. The molecule has 122 valence electrons. The first-order chi connectivity index (χ1) is 10.9. The smallest absolute Gasteiger partial charge is 0.335 e. The molecule has 2 aromatic carbocycles. The lowest BCUT2D eigenvalue weighted by atomic mass is 10.1. The predicted molar refractivity (Wildman–Crippen MR) is 98.5 cm³/mol. The van der Waals surface area contributed by atoms with Crippen LogP contribution in [0.2, 0.25) is 0 Å². The van der Waals surface area contributed by atoms with Gasteiger partial charge in [-0.25, -0.2) is 4.79 Å². The van der Waals surface area contributed by atoms with Crippen molar-refractivity contribution in [2.24, 2.45) is 0 Å². The lowest BCUT2D eigenvalue weighted by molar-refractivity contribution is 0.0697. The quantitative estimate of drug-likeness (QED) is 0.643. The second-order valence-electron chi connectivity index (χ2n) is 5.01. The molecule has 0 aromatic heterocycles. The lowest BCUT2D eigenvalue weighted by Gasteiger charge is -2.13. The highest BCUT2D eigenvalue weighted by molar-refractivity contribution is 9.11. The van der Waals surface area contributed by atoms with E-state index in [-0.39, 0.29) is 5.56 Å². The number of benzene rings is 2. The van der Waals surface area contributed by atoms with Crippen molar-refractivity contribution < 1.29 is 14.6 Å². The van der Waals surface area contributed by atoms with Crippen LogP contribution in [0.1, 0.15) is 28.4 Å². The van der Waals surface area contributed by atoms with E-state index in [2.05, 4.69) is 37.2 Å². The molecule has 2 N–H and O–H groups in total. The number of halogens is 2. The molecule has 4 nitrogen and oxygen atoms in total. The molecule has 23 heavy (non-hydrogen) atoms. The fraction of sp³-hybridized carbons (Fsp3) is 0.235. The number of hydrogen-bond donors (Lipinski definition) is 2. The zero-order valence-corrected chi connectivity index (χ0v) is 16.0. The van der Waals surface area contributed by atoms with E-state index in [0.717, 1.165) is 31.5 Å². The second-order valence-corrected chi connectivity index (χ2v) is 6.72. The number of anilines is 1. The van der Waals surface area contributed by atoms with E-state index in [0.29, 0.717) is 13.2 Å². The van der Waals surface area contributed by atoms with Crippen LogP contribution in [0.3, 0.4) is 0 Å². The number of aryl methyl sites for hydroxylation is 1. The Kier molecular flexibility index (Phi) is 6.07. The molecule has 0 spiro atoms. The van der Waals surface area contributed by atoms with Crippen molar-refractivity contribution in [3.8, 4) is 5.75 Å². The van der Waals surface area contributed by atoms with Crippen molar-refractivity contribution in [1.29, 1.82) is 0 Å². The molecular formula is C17H17Br2NO3. The van der Waals surface area contributed by atoms with Crippen LogP contribution in [0, 0.1) is 6.92 Å². The van der Waals surface area contributed by atoms with E-state index in [4.69, 9.17) is 9.84 Å². The van der Waals surface area contributed by atoms with Gasteiger partial charge in [-0.1, -0.05) is 6.07 Å². The molecule has 0 amide bonds. The minimum absolute atomic E-state index is 0.271. The van der Waals surface area contributed by atoms with Crippen LogP contribution in [0.5, 0.6) is 5.75 Å². The Bertz CT molecular complexity index is 709. The molecule has 0 aliphatic heterocycles. The Morgan fingerprint density at radius 3 is 2.43 bits per heavy atom. The summed E-state index contributed by atoms with van der Waals surface area (Å²) < 4.78 is 7.32. The Balaban J connectivity index is 2.18. The summed E-state index contributed by atoms with van der Waals surface area (Å²) in [4.78, 5) is 11.1. The number of aromatic carboxylic acids is 1. The molecule has 0 atom stereocenters. The standard InChI is InChI=1S/C17H17Br2NO3/c1-3-23-16-13(18)6-11(7-14(16)19)9-20-15-8-12(17(21)22)5-4-10(15)2/h4-8,20H,3,9H2,1-2H3,(H,21,22). The maximum Gasteiger partial charge on any atom is 0.335 e. The highest BCUT2D eigenvalue weighted by Crippen LogP contribution is 2.35. The van der Waals surface area contributed by atoms with Gasteiger partial charge >= 0.3 is 5.97 Å². The lowest BCUT2D eigenvalue weighted by Crippen LogP contribution is -2.04. The number of carboxylic acid groups (broad SMARTS) is 1. The summed E-state index contributed by atoms with van der Waals surface area (Å²) in [5.41, 5.74) is 3.13. The van der Waals surface area contributed by atoms with Crippen molar-refractivity contribution in [3.63, 3.8) is 0 Å². The summed E-state index contributed by atoms with van der Waals surface area (Å²) in [6.45, 7) is 5.05. The third-order valence-electron chi connectivity index (χ3n) is 3.31. The fourth-order valence-electron chi connectivity index (χ4n) is 2.14. The number of hydrogen-bond acceptors (Lipinski definition) is 3. The van der Waals surface area contributed by atoms with Crippen LogP contribution in [-0.2, 0) is 6.54 Å². The molecule has 2 rings (SSSR count). The van der Waals surface area contributed by atoms with Gasteiger partial charge in [0.05, 0.1) is 21.1 Å². The summed E-state index contributed by atoms with van der Waals surface area (Å²) in [5.74, 6) is -0.153. The van der Waals surface area contributed by atoms with Crippen LogP contribution in [0.25, 0.3) is 0 Å². The van der Waals surface area contributed by atoms with Crippen LogP contribution < -0.4 is 10.1 Å². The minimum Gasteiger partial charge on any atom is -0.492 e. The zero-order valence-electron chi connectivity index (χ0n) is 12.8. The second kappa shape index (κ2) is 7.84. The maximum absolute atomic E-state index is 11.1. The maximum atomic E-state index is 11.1. The molecule has 6 heteroatoms. The molecule has 2 aromatic rings. The van der Waals surface area contributed by atoms with Crippen molar-refractivity contribution in [2.45, 2.75) is 20.4 Å². The topological polar surface area (TPSA) is 58.6 Å². The van der Waals surface area contributed by atoms with Gasteiger partial charge in [-0.15, -0.1) is 0 Å². The van der Waals surface area contributed by atoms with Gasteiger partial charge < -0.3 is 15.2 Å². The summed E-state index contributed by atoms with van der Waals surface area (Å²) in [7, 11) is 0. The number of rotatable bonds is 6. The van der Waals surface area contributed by atoms with Crippen LogP contribution >= 0.6 is 31.9 Å². The third-order valence-corrected chi connectivity index (χ3v) is 4.49. The van der Waals surface area contributed by atoms with Crippen molar-refractivity contribution in [1.82, 2.24) is 0 Å². The molecule has 0 heterocycles. The first-order valence-corrected chi connectivity index (χ1v) is 8.69. The number of carbonyl (C=O) groups is 1. The van der Waals surface area contributed by atoms with Crippen LogP contribution in [0.15, 0.2) is 39.3 Å². The van der Waals surface area contributed by atoms with E-state index >= 15 is 0 Å². The monoisotopic (exact) mass is 441 g/mol. The van der Waals surface area contributed by atoms with Crippen LogP contribution in [0.4, 0.5) is 5.69 Å². The largest absolute Gasteiger partial charge is 0.492 e. The molecule has 0 fully saturated rings. The Morgan fingerprint density at radius 2 is 1.87 bits per heavy atom. The predicted octanol–water partition coefficient (Wildman–Crippen LogP) is 5.23. The van der Waals surface area contributed by atoms with E-state index in [9.17, 15) is 4.79 Å². The highest BCUT2D eigenvalue weighted by atomic mass is 79.9. The summed E-state index contributed by atoms with van der Waals surface area (Å²) in [6.07, 6.45) is 0. The summed E-state index contributed by atoms with van der Waals surface area (Å²) in [6, 6.07) is 9.03. The van der Waals surface area contributed by atoms with Crippen molar-refractivity contribution >= 4 is 43.5 Å². The average molecular weight is 443 g/mol. The molecule has 0 saturated carbocycles. The van der Waals surface area contributed by atoms with Gasteiger partial charge in [-0.05, 0) is 81.1 Å². The summed E-state index contributed by atoms with van der Waals surface area (Å²) >= 11 is 7.02. The van der Waals surface area contributed by atoms with Gasteiger partial charge in [0, 0.05) is 12.2 Å².